The number of ether oxygens (including phenoxy) is 2. The Morgan fingerprint density at radius 3 is 2.14 bits per heavy atom. The molecule has 0 unspecified atom stereocenters. The second-order valence-corrected chi connectivity index (χ2v) is 8.58. The number of hydrogen-bond acceptors (Lipinski definition) is 5. The molecule has 4 rings (SSSR count). The van der Waals surface area contributed by atoms with Gasteiger partial charge in [-0.05, 0) is 36.4 Å². The van der Waals surface area contributed by atoms with Crippen LogP contribution in [0.2, 0.25) is 0 Å². The lowest BCUT2D eigenvalue weighted by Crippen LogP contribution is -2.47. The molecule has 2 aromatic rings. The summed E-state index contributed by atoms with van der Waals surface area (Å²) in [6.07, 6.45) is 1.32. The third-order valence-corrected chi connectivity index (χ3v) is 6.46. The minimum atomic E-state index is -3.65. The lowest BCUT2D eigenvalue weighted by molar-refractivity contribution is -0.181. The van der Waals surface area contributed by atoms with Crippen LogP contribution < -0.4 is 4.72 Å². The largest absolute Gasteiger partial charge is 0.347 e. The van der Waals surface area contributed by atoms with E-state index in [-0.39, 0.29) is 10.8 Å². The molecule has 28 heavy (non-hydrogen) atoms. The third kappa shape index (κ3) is 3.89. The fourth-order valence-electron chi connectivity index (χ4n) is 3.51. The predicted octanol–water partition coefficient (Wildman–Crippen LogP) is 2.47. The van der Waals surface area contributed by atoms with Gasteiger partial charge in [-0.25, -0.2) is 8.42 Å². The SMILES string of the molecule is O=C(c1ccc(NS(=O)(=O)c2ccccc2)cc1)N1CCC2(CC1)OCCO2. The maximum Gasteiger partial charge on any atom is 0.261 e. The van der Waals surface area contributed by atoms with Crippen LogP contribution in [0.5, 0.6) is 0 Å². The number of hydrogen-bond donors (Lipinski definition) is 1. The van der Waals surface area contributed by atoms with Gasteiger partial charge in [-0.2, -0.15) is 0 Å². The Balaban J connectivity index is 1.40. The van der Waals surface area contributed by atoms with Crippen molar-refractivity contribution >= 4 is 21.6 Å². The number of nitrogens with zero attached hydrogens (tertiary/aromatic N) is 1. The Morgan fingerprint density at radius 2 is 1.54 bits per heavy atom. The molecule has 0 saturated carbocycles. The first-order valence-electron chi connectivity index (χ1n) is 9.23. The van der Waals surface area contributed by atoms with Crippen LogP contribution in [-0.4, -0.2) is 51.3 Å². The van der Waals surface area contributed by atoms with Gasteiger partial charge in [0.25, 0.3) is 15.9 Å². The number of benzene rings is 2. The molecule has 2 fully saturated rings. The van der Waals surface area contributed by atoms with E-state index in [1.54, 1.807) is 47.4 Å². The Morgan fingerprint density at radius 1 is 0.929 bits per heavy atom. The fourth-order valence-corrected chi connectivity index (χ4v) is 4.59. The van der Waals surface area contributed by atoms with E-state index >= 15 is 0 Å². The second-order valence-electron chi connectivity index (χ2n) is 6.90. The maximum atomic E-state index is 12.7. The Kier molecular flexibility index (Phi) is 5.09. The first kappa shape index (κ1) is 18.9. The second kappa shape index (κ2) is 7.54. The Bertz CT molecular complexity index is 928. The van der Waals surface area contributed by atoms with E-state index in [1.165, 1.54) is 12.1 Å². The molecule has 0 bridgehead atoms. The number of carbonyl (C=O) groups excluding carboxylic acids is 1. The van der Waals surface area contributed by atoms with Crippen LogP contribution in [0.4, 0.5) is 5.69 Å². The average molecular weight is 402 g/mol. The van der Waals surface area contributed by atoms with Gasteiger partial charge in [-0.3, -0.25) is 9.52 Å². The zero-order valence-corrected chi connectivity index (χ0v) is 16.2. The number of amides is 1. The van der Waals surface area contributed by atoms with Crippen molar-refractivity contribution in [2.45, 2.75) is 23.5 Å². The van der Waals surface area contributed by atoms with Crippen LogP contribution in [0, 0.1) is 0 Å². The average Bonchev–Trinajstić information content (AvgIpc) is 3.17. The van der Waals surface area contributed by atoms with Crippen LogP contribution in [0.15, 0.2) is 59.5 Å². The van der Waals surface area contributed by atoms with Gasteiger partial charge < -0.3 is 14.4 Å². The zero-order valence-electron chi connectivity index (χ0n) is 15.3. The van der Waals surface area contributed by atoms with Crippen molar-refractivity contribution < 1.29 is 22.7 Å². The molecule has 0 atom stereocenters. The first-order valence-corrected chi connectivity index (χ1v) is 10.7. The van der Waals surface area contributed by atoms with Crippen molar-refractivity contribution in [3.63, 3.8) is 0 Å². The topological polar surface area (TPSA) is 84.9 Å². The van der Waals surface area contributed by atoms with Gasteiger partial charge in [0.05, 0.1) is 18.1 Å². The predicted molar refractivity (Wildman–Crippen MR) is 103 cm³/mol. The van der Waals surface area contributed by atoms with Crippen molar-refractivity contribution in [2.75, 3.05) is 31.0 Å². The van der Waals surface area contributed by atoms with Crippen LogP contribution >= 0.6 is 0 Å². The van der Waals surface area contributed by atoms with Crippen LogP contribution in [0.25, 0.3) is 0 Å². The molecular weight excluding hydrogens is 380 g/mol. The van der Waals surface area contributed by atoms with Crippen molar-refractivity contribution in [3.05, 3.63) is 60.2 Å². The molecule has 2 saturated heterocycles. The van der Waals surface area contributed by atoms with Crippen LogP contribution in [-0.2, 0) is 19.5 Å². The smallest absolute Gasteiger partial charge is 0.261 e. The van der Waals surface area contributed by atoms with Gasteiger partial charge in [0.2, 0.25) is 0 Å². The zero-order chi connectivity index (χ0) is 19.6. The maximum absolute atomic E-state index is 12.7. The van der Waals surface area contributed by atoms with Crippen molar-refractivity contribution in [2.24, 2.45) is 0 Å². The van der Waals surface area contributed by atoms with E-state index in [1.807, 2.05) is 0 Å². The first-order chi connectivity index (χ1) is 13.5. The van der Waals surface area contributed by atoms with E-state index in [0.29, 0.717) is 50.4 Å². The molecule has 1 amide bonds. The summed E-state index contributed by atoms with van der Waals surface area (Å²) in [6.45, 7) is 2.35. The quantitative estimate of drug-likeness (QED) is 0.849. The molecule has 148 valence electrons. The molecule has 7 nitrogen and oxygen atoms in total. The van der Waals surface area contributed by atoms with Gasteiger partial charge in [0, 0.05) is 37.2 Å². The van der Waals surface area contributed by atoms with E-state index in [0.717, 1.165) is 0 Å². The van der Waals surface area contributed by atoms with Crippen molar-refractivity contribution in [1.29, 1.82) is 0 Å². The summed E-state index contributed by atoms with van der Waals surface area (Å²) in [6, 6.07) is 14.6. The van der Waals surface area contributed by atoms with E-state index < -0.39 is 15.8 Å². The number of nitrogens with one attached hydrogen (secondary N) is 1. The fraction of sp³-hybridized carbons (Fsp3) is 0.350. The monoisotopic (exact) mass is 402 g/mol. The number of sulfonamides is 1. The van der Waals surface area contributed by atoms with Crippen molar-refractivity contribution in [1.82, 2.24) is 4.90 Å². The highest BCUT2D eigenvalue weighted by molar-refractivity contribution is 7.92. The molecule has 2 aliphatic rings. The summed E-state index contributed by atoms with van der Waals surface area (Å²) < 4.78 is 38.7. The third-order valence-electron chi connectivity index (χ3n) is 5.06. The molecule has 1 N–H and O–H groups in total. The molecule has 0 aliphatic carbocycles. The standard InChI is InChI=1S/C20H22N2O5S/c23-19(22-12-10-20(11-13-22)26-14-15-27-20)16-6-8-17(9-7-16)21-28(24,25)18-4-2-1-3-5-18/h1-9,21H,10-15H2. The number of anilines is 1. The minimum absolute atomic E-state index is 0.0784. The molecular formula is C20H22N2O5S. The molecule has 0 radical (unpaired) electrons. The number of rotatable bonds is 4. The van der Waals surface area contributed by atoms with Gasteiger partial charge in [-0.1, -0.05) is 18.2 Å². The summed E-state index contributed by atoms with van der Waals surface area (Å²) in [5, 5.41) is 0. The van der Waals surface area contributed by atoms with E-state index in [9.17, 15) is 13.2 Å². The minimum Gasteiger partial charge on any atom is -0.347 e. The molecule has 2 aromatic carbocycles. The number of likely N-dealkylation sites (tertiary alicyclic amines) is 1. The van der Waals surface area contributed by atoms with Gasteiger partial charge in [0.15, 0.2) is 5.79 Å². The molecule has 1 spiro atoms. The van der Waals surface area contributed by atoms with Crippen LogP contribution in [0.3, 0.4) is 0 Å². The van der Waals surface area contributed by atoms with Crippen molar-refractivity contribution in [3.8, 4) is 0 Å². The van der Waals surface area contributed by atoms with Gasteiger partial charge in [-0.15, -0.1) is 0 Å². The molecule has 2 aliphatic heterocycles. The molecule has 8 heteroatoms. The Labute approximate surface area is 164 Å². The molecule has 2 heterocycles. The van der Waals surface area contributed by atoms with Gasteiger partial charge in [0.1, 0.15) is 0 Å². The summed E-state index contributed by atoms with van der Waals surface area (Å²) >= 11 is 0. The Hall–Kier alpha value is -2.42. The lowest BCUT2D eigenvalue weighted by atomic mass is 10.0. The van der Waals surface area contributed by atoms with Gasteiger partial charge >= 0.3 is 0 Å². The van der Waals surface area contributed by atoms with E-state index in [4.69, 9.17) is 9.47 Å². The van der Waals surface area contributed by atoms with E-state index in [2.05, 4.69) is 4.72 Å². The lowest BCUT2D eigenvalue weighted by Gasteiger charge is -2.37. The summed E-state index contributed by atoms with van der Waals surface area (Å²) in [5.74, 6) is -0.596. The summed E-state index contributed by atoms with van der Waals surface area (Å²) in [5.41, 5.74) is 0.928. The highest BCUT2D eigenvalue weighted by atomic mass is 32.2. The number of piperidine rings is 1. The normalized spacial score (nSPS) is 18.9. The highest BCUT2D eigenvalue weighted by Gasteiger charge is 2.40. The van der Waals surface area contributed by atoms with Crippen LogP contribution in [0.1, 0.15) is 23.2 Å². The number of carbonyl (C=O) groups is 1. The molecule has 0 aromatic heterocycles. The highest BCUT2D eigenvalue weighted by Crippen LogP contribution is 2.31. The summed E-state index contributed by atoms with van der Waals surface area (Å²) in [7, 11) is -3.65. The summed E-state index contributed by atoms with van der Waals surface area (Å²) in [4.78, 5) is 14.7.